The number of carbonyl (C=O) groups excluding carboxylic acids is 2. The number of aromatic hydroxyl groups is 4. The number of ketones is 2. The largest absolute Gasteiger partial charge is 0.504 e. The molecule has 13 nitrogen and oxygen atoms in total. The molecule has 1 heterocycles. The van der Waals surface area contributed by atoms with Gasteiger partial charge in [0, 0.05) is 26.1 Å². The van der Waals surface area contributed by atoms with Gasteiger partial charge in [0.1, 0.15) is 18.8 Å². The summed E-state index contributed by atoms with van der Waals surface area (Å²) < 4.78 is 17.7. The SMILES string of the molecule is O=C(/C=C/c1ccc(O)c(O)c1)CO[C@@]1(C(=O)O)C[C@@H](O)[C@H]2OCC[C@@H](CCO)[C@@H](C(=O)/C=C/c3ccc(O)c(O)c3)O[C@@H]2C1. The topological polar surface area (TPSA) is 221 Å². The van der Waals surface area contributed by atoms with Crippen molar-refractivity contribution in [3.63, 3.8) is 0 Å². The Kier molecular flexibility index (Phi) is 11.0. The zero-order valence-electron chi connectivity index (χ0n) is 24.2. The zero-order chi connectivity index (χ0) is 32.7. The van der Waals surface area contributed by atoms with Crippen LogP contribution in [-0.4, -0.2) is 103 Å². The predicted molar refractivity (Wildman–Crippen MR) is 157 cm³/mol. The Morgan fingerprint density at radius 1 is 0.911 bits per heavy atom. The average Bonchev–Trinajstić information content (AvgIpc) is 2.99. The number of aliphatic hydroxyl groups is 2. The second kappa shape index (κ2) is 14.7. The molecule has 1 aliphatic heterocycles. The van der Waals surface area contributed by atoms with Crippen LogP contribution < -0.4 is 0 Å². The summed E-state index contributed by atoms with van der Waals surface area (Å²) in [5, 5.41) is 69.2. The molecular weight excluding hydrogens is 592 g/mol. The van der Waals surface area contributed by atoms with Crippen molar-refractivity contribution in [3.8, 4) is 23.0 Å². The first-order valence-electron chi connectivity index (χ1n) is 14.3. The molecule has 0 amide bonds. The predicted octanol–water partition coefficient (Wildman–Crippen LogP) is 1.91. The van der Waals surface area contributed by atoms with Crippen LogP contribution in [0.15, 0.2) is 48.6 Å². The van der Waals surface area contributed by atoms with Crippen LogP contribution >= 0.6 is 0 Å². The fourth-order valence-corrected chi connectivity index (χ4v) is 5.50. The van der Waals surface area contributed by atoms with E-state index in [0.29, 0.717) is 17.5 Å². The third kappa shape index (κ3) is 8.26. The van der Waals surface area contributed by atoms with Gasteiger partial charge in [0.05, 0.1) is 12.2 Å². The number of rotatable bonds is 11. The second-order valence-corrected chi connectivity index (χ2v) is 11.1. The molecule has 2 aromatic carbocycles. The maximum absolute atomic E-state index is 13.4. The molecule has 1 saturated heterocycles. The number of carboxylic acids is 1. The number of fused-ring (bicyclic) bond motifs is 1. The number of aliphatic hydroxyl groups excluding tert-OH is 2. The molecule has 0 radical (unpaired) electrons. The van der Waals surface area contributed by atoms with Crippen molar-refractivity contribution < 1.29 is 64.3 Å². The lowest BCUT2D eigenvalue weighted by molar-refractivity contribution is -0.231. The summed E-state index contributed by atoms with van der Waals surface area (Å²) in [5.41, 5.74) is -1.26. The minimum atomic E-state index is -2.07. The molecule has 6 atom stereocenters. The molecule has 1 saturated carbocycles. The first-order chi connectivity index (χ1) is 21.4. The average molecular weight is 629 g/mol. The van der Waals surface area contributed by atoms with Gasteiger partial charge in [-0.05, 0) is 66.3 Å². The van der Waals surface area contributed by atoms with Gasteiger partial charge in [0.2, 0.25) is 0 Å². The number of ether oxygens (including phenoxy) is 3. The number of carboxylic acid groups (broad SMARTS) is 1. The molecule has 2 fully saturated rings. The van der Waals surface area contributed by atoms with Crippen molar-refractivity contribution in [2.24, 2.45) is 5.92 Å². The third-order valence-corrected chi connectivity index (χ3v) is 7.93. The summed E-state index contributed by atoms with van der Waals surface area (Å²) in [4.78, 5) is 38.6. The van der Waals surface area contributed by atoms with Crippen molar-refractivity contribution in [2.75, 3.05) is 19.8 Å². The fraction of sp³-hybridized carbons (Fsp3) is 0.406. The van der Waals surface area contributed by atoms with Gasteiger partial charge in [0.15, 0.2) is 40.2 Å². The van der Waals surface area contributed by atoms with Crippen molar-refractivity contribution in [1.29, 1.82) is 0 Å². The van der Waals surface area contributed by atoms with Gasteiger partial charge in [-0.15, -0.1) is 0 Å². The van der Waals surface area contributed by atoms with E-state index in [1.54, 1.807) is 0 Å². The van der Waals surface area contributed by atoms with Crippen LogP contribution in [0.2, 0.25) is 0 Å². The normalized spacial score (nSPS) is 27.1. The van der Waals surface area contributed by atoms with E-state index in [0.717, 1.165) is 6.08 Å². The monoisotopic (exact) mass is 628 g/mol. The van der Waals surface area contributed by atoms with Crippen molar-refractivity contribution in [1.82, 2.24) is 0 Å². The smallest absolute Gasteiger partial charge is 0.336 e. The summed E-state index contributed by atoms with van der Waals surface area (Å²) in [6.07, 6.45) is 0.118. The Hall–Kier alpha value is -4.27. The molecule has 0 spiro atoms. The van der Waals surface area contributed by atoms with Gasteiger partial charge in [-0.25, -0.2) is 4.79 Å². The van der Waals surface area contributed by atoms with E-state index in [2.05, 4.69) is 0 Å². The lowest BCUT2D eigenvalue weighted by Crippen LogP contribution is -2.61. The van der Waals surface area contributed by atoms with Crippen LogP contribution in [0.3, 0.4) is 0 Å². The maximum atomic E-state index is 13.4. The Morgan fingerprint density at radius 3 is 2.11 bits per heavy atom. The first kappa shape index (κ1) is 33.6. The number of phenolic OH excluding ortho intramolecular Hbond substituents is 4. The van der Waals surface area contributed by atoms with Crippen LogP contribution in [0.4, 0.5) is 0 Å². The Bertz CT molecular complexity index is 1450. The van der Waals surface area contributed by atoms with E-state index in [9.17, 15) is 50.1 Å². The molecule has 2 aromatic rings. The van der Waals surface area contributed by atoms with Crippen molar-refractivity contribution in [2.45, 2.75) is 55.7 Å². The number of benzene rings is 2. The zero-order valence-corrected chi connectivity index (χ0v) is 24.2. The number of aliphatic carboxylic acids is 1. The van der Waals surface area contributed by atoms with Gasteiger partial charge < -0.3 is 50.0 Å². The van der Waals surface area contributed by atoms with E-state index in [4.69, 9.17) is 14.2 Å². The third-order valence-electron chi connectivity index (χ3n) is 7.93. The van der Waals surface area contributed by atoms with Gasteiger partial charge in [0.25, 0.3) is 0 Å². The van der Waals surface area contributed by atoms with Crippen molar-refractivity contribution in [3.05, 3.63) is 59.7 Å². The molecule has 0 bridgehead atoms. The van der Waals surface area contributed by atoms with Crippen LogP contribution in [0.5, 0.6) is 23.0 Å². The summed E-state index contributed by atoms with van der Waals surface area (Å²) in [5.74, 6) is -4.52. The van der Waals surface area contributed by atoms with Gasteiger partial charge in [-0.1, -0.05) is 24.3 Å². The molecule has 242 valence electrons. The summed E-state index contributed by atoms with van der Waals surface area (Å²) in [7, 11) is 0. The lowest BCUT2D eigenvalue weighted by Gasteiger charge is -2.46. The number of phenols is 4. The summed E-state index contributed by atoms with van der Waals surface area (Å²) in [6.45, 7) is -0.830. The molecule has 7 N–H and O–H groups in total. The Labute approximate surface area is 258 Å². The second-order valence-electron chi connectivity index (χ2n) is 11.1. The molecule has 0 unspecified atom stereocenters. The molecule has 4 rings (SSSR count). The molecule has 1 aliphatic carbocycles. The molecule has 13 heteroatoms. The van der Waals surface area contributed by atoms with E-state index in [-0.39, 0.29) is 49.1 Å². The van der Waals surface area contributed by atoms with E-state index >= 15 is 0 Å². The standard InChI is InChI=1S/C32H36O13/c33-11-9-20-10-12-43-30-27(40)15-32(31(41)42,44-17-21(34)5-1-18-2-6-22(35)25(38)13-18)16-28(30)45-29(20)24(37)8-4-19-3-7-23(36)26(39)14-19/h1-8,13-14,20,27-30,33,35-36,38-40H,9-12,15-17H2,(H,41,42)/b5-1+,8-4+/t20-,27-,28-,29+,30-,32+/m1/s1. The molecule has 0 aromatic heterocycles. The number of carbonyl (C=O) groups is 3. The highest BCUT2D eigenvalue weighted by molar-refractivity contribution is 5.97. The van der Waals surface area contributed by atoms with E-state index in [1.807, 2.05) is 0 Å². The number of hydrogen-bond acceptors (Lipinski definition) is 12. The highest BCUT2D eigenvalue weighted by atomic mass is 16.6. The van der Waals surface area contributed by atoms with Crippen LogP contribution in [0.25, 0.3) is 12.2 Å². The lowest BCUT2D eigenvalue weighted by atomic mass is 9.78. The van der Waals surface area contributed by atoms with Gasteiger partial charge in [-0.3, -0.25) is 9.59 Å². The highest BCUT2D eigenvalue weighted by Gasteiger charge is 2.54. The molecular formula is C32H36O13. The van der Waals surface area contributed by atoms with Crippen LogP contribution in [-0.2, 0) is 28.6 Å². The highest BCUT2D eigenvalue weighted by Crippen LogP contribution is 2.39. The minimum absolute atomic E-state index is 0.0998. The van der Waals surface area contributed by atoms with Gasteiger partial charge in [-0.2, -0.15) is 0 Å². The first-order valence-corrected chi connectivity index (χ1v) is 14.3. The molecule has 2 aliphatic rings. The van der Waals surface area contributed by atoms with Crippen molar-refractivity contribution >= 4 is 29.7 Å². The summed E-state index contributed by atoms with van der Waals surface area (Å²) >= 11 is 0. The van der Waals surface area contributed by atoms with Crippen LogP contribution in [0.1, 0.15) is 36.8 Å². The molecule has 45 heavy (non-hydrogen) atoms. The fourth-order valence-electron chi connectivity index (χ4n) is 5.50. The van der Waals surface area contributed by atoms with Crippen LogP contribution in [0, 0.1) is 5.92 Å². The Morgan fingerprint density at radius 2 is 1.53 bits per heavy atom. The van der Waals surface area contributed by atoms with Gasteiger partial charge >= 0.3 is 5.97 Å². The quantitative estimate of drug-likeness (QED) is 0.140. The maximum Gasteiger partial charge on any atom is 0.336 e. The number of hydrogen-bond donors (Lipinski definition) is 7. The van der Waals surface area contributed by atoms with E-state index in [1.165, 1.54) is 54.6 Å². The minimum Gasteiger partial charge on any atom is -0.504 e. The summed E-state index contributed by atoms with van der Waals surface area (Å²) in [6, 6.07) is 7.92. The van der Waals surface area contributed by atoms with E-state index < -0.39 is 66.5 Å². The Balaban J connectivity index is 1.53.